The van der Waals surface area contributed by atoms with Crippen LogP contribution < -0.4 is 15.5 Å². The zero-order valence-corrected chi connectivity index (χ0v) is 16.6. The number of nitrogens with one attached hydrogen (secondary N) is 2. The molecule has 0 aliphatic carbocycles. The first-order valence-electron chi connectivity index (χ1n) is 10.0. The molecule has 26 heavy (non-hydrogen) atoms. The van der Waals surface area contributed by atoms with Crippen LogP contribution in [0.5, 0.6) is 0 Å². The maximum absolute atomic E-state index is 5.36. The number of piperidine rings is 1. The molecule has 0 spiro atoms. The quantitative estimate of drug-likeness (QED) is 0.402. The number of hydrogen-bond donors (Lipinski definition) is 2. The summed E-state index contributed by atoms with van der Waals surface area (Å²) in [5, 5.41) is 6.63. The number of nitrogens with zero attached hydrogens (tertiary/aromatic N) is 3. The second-order valence-corrected chi connectivity index (χ2v) is 6.87. The van der Waals surface area contributed by atoms with E-state index >= 15 is 0 Å². The zero-order chi connectivity index (χ0) is 18.6. The Morgan fingerprint density at radius 3 is 2.73 bits per heavy atom. The first-order chi connectivity index (χ1) is 12.7. The Morgan fingerprint density at radius 1 is 1.27 bits per heavy atom. The Bertz CT molecular complexity index is 524. The van der Waals surface area contributed by atoms with Crippen LogP contribution in [0.1, 0.15) is 45.6 Å². The van der Waals surface area contributed by atoms with E-state index in [-0.39, 0.29) is 0 Å². The van der Waals surface area contributed by atoms with Crippen molar-refractivity contribution in [1.29, 1.82) is 0 Å². The SMILES string of the molecule is CCNC(=NCc1ccc(N2CCC(C)CC2)nc1)NCCCOCC. The van der Waals surface area contributed by atoms with Gasteiger partial charge in [0.2, 0.25) is 0 Å². The van der Waals surface area contributed by atoms with Crippen molar-refractivity contribution in [3.63, 3.8) is 0 Å². The molecular formula is C20H35N5O. The van der Waals surface area contributed by atoms with E-state index in [2.05, 4.69) is 51.5 Å². The van der Waals surface area contributed by atoms with Crippen LogP contribution >= 0.6 is 0 Å². The lowest BCUT2D eigenvalue weighted by molar-refractivity contribution is 0.145. The van der Waals surface area contributed by atoms with Gasteiger partial charge in [0.05, 0.1) is 6.54 Å². The lowest BCUT2D eigenvalue weighted by Gasteiger charge is -2.31. The van der Waals surface area contributed by atoms with Crippen LogP contribution in [-0.2, 0) is 11.3 Å². The molecule has 1 saturated heterocycles. The predicted molar refractivity (Wildman–Crippen MR) is 109 cm³/mol. The van der Waals surface area contributed by atoms with Crippen LogP contribution in [0.25, 0.3) is 0 Å². The molecule has 1 aliphatic rings. The minimum absolute atomic E-state index is 0.630. The molecule has 1 aromatic heterocycles. The molecule has 1 aliphatic heterocycles. The Hall–Kier alpha value is -1.82. The van der Waals surface area contributed by atoms with Crippen molar-refractivity contribution < 1.29 is 4.74 Å². The Kier molecular flexibility index (Phi) is 9.24. The molecule has 0 unspecified atom stereocenters. The van der Waals surface area contributed by atoms with E-state index in [4.69, 9.17) is 4.74 Å². The molecule has 146 valence electrons. The van der Waals surface area contributed by atoms with E-state index in [1.165, 1.54) is 12.8 Å². The summed E-state index contributed by atoms with van der Waals surface area (Å²) >= 11 is 0. The normalized spacial score (nSPS) is 16.0. The summed E-state index contributed by atoms with van der Waals surface area (Å²) in [6, 6.07) is 4.27. The molecule has 0 radical (unpaired) electrons. The molecule has 1 aromatic rings. The fourth-order valence-electron chi connectivity index (χ4n) is 2.97. The smallest absolute Gasteiger partial charge is 0.191 e. The number of aliphatic imine (C=N–C) groups is 1. The number of hydrogen-bond acceptors (Lipinski definition) is 4. The van der Waals surface area contributed by atoms with Crippen LogP contribution in [0.2, 0.25) is 0 Å². The Morgan fingerprint density at radius 2 is 2.08 bits per heavy atom. The van der Waals surface area contributed by atoms with Gasteiger partial charge in [-0.05, 0) is 50.7 Å². The third-order valence-electron chi connectivity index (χ3n) is 4.64. The van der Waals surface area contributed by atoms with Crippen LogP contribution in [-0.4, -0.2) is 50.3 Å². The van der Waals surface area contributed by atoms with Gasteiger partial charge >= 0.3 is 0 Å². The number of guanidine groups is 1. The monoisotopic (exact) mass is 361 g/mol. The molecule has 2 rings (SSSR count). The van der Waals surface area contributed by atoms with Gasteiger partial charge in [-0.25, -0.2) is 9.98 Å². The summed E-state index contributed by atoms with van der Waals surface area (Å²) in [6.45, 7) is 12.5. The molecular weight excluding hydrogens is 326 g/mol. The molecule has 0 aromatic carbocycles. The van der Waals surface area contributed by atoms with Crippen molar-refractivity contribution in [3.05, 3.63) is 23.9 Å². The van der Waals surface area contributed by atoms with E-state index in [1.54, 1.807) is 0 Å². The predicted octanol–water partition coefficient (Wildman–Crippen LogP) is 2.80. The van der Waals surface area contributed by atoms with Crippen molar-refractivity contribution >= 4 is 11.8 Å². The second kappa shape index (κ2) is 11.7. The van der Waals surface area contributed by atoms with Gasteiger partial charge in [-0.15, -0.1) is 0 Å². The largest absolute Gasteiger partial charge is 0.382 e. The topological polar surface area (TPSA) is 61.8 Å². The minimum Gasteiger partial charge on any atom is -0.382 e. The summed E-state index contributed by atoms with van der Waals surface area (Å²) in [5.41, 5.74) is 1.13. The van der Waals surface area contributed by atoms with E-state index in [0.717, 1.165) is 69.1 Å². The molecule has 6 nitrogen and oxygen atoms in total. The van der Waals surface area contributed by atoms with E-state index < -0.39 is 0 Å². The van der Waals surface area contributed by atoms with Gasteiger partial charge in [-0.2, -0.15) is 0 Å². The minimum atomic E-state index is 0.630. The number of anilines is 1. The molecule has 2 N–H and O–H groups in total. The van der Waals surface area contributed by atoms with Crippen LogP contribution in [0, 0.1) is 5.92 Å². The number of aromatic nitrogens is 1. The maximum atomic E-state index is 5.36. The molecule has 0 amide bonds. The third kappa shape index (κ3) is 7.20. The summed E-state index contributed by atoms with van der Waals surface area (Å²) < 4.78 is 5.36. The highest BCUT2D eigenvalue weighted by Gasteiger charge is 2.16. The average molecular weight is 362 g/mol. The molecule has 0 saturated carbocycles. The van der Waals surface area contributed by atoms with Gasteiger partial charge in [0, 0.05) is 45.6 Å². The number of ether oxygens (including phenoxy) is 1. The van der Waals surface area contributed by atoms with Gasteiger partial charge in [0.15, 0.2) is 5.96 Å². The summed E-state index contributed by atoms with van der Waals surface area (Å²) in [6.07, 6.45) is 5.45. The van der Waals surface area contributed by atoms with Gasteiger partial charge in [0.25, 0.3) is 0 Å². The first-order valence-corrected chi connectivity index (χ1v) is 10.0. The van der Waals surface area contributed by atoms with Gasteiger partial charge in [-0.3, -0.25) is 0 Å². The van der Waals surface area contributed by atoms with Gasteiger partial charge < -0.3 is 20.3 Å². The fourth-order valence-corrected chi connectivity index (χ4v) is 2.97. The highest BCUT2D eigenvalue weighted by Crippen LogP contribution is 2.21. The Labute approximate surface area is 158 Å². The van der Waals surface area contributed by atoms with Crippen LogP contribution in [0.15, 0.2) is 23.3 Å². The van der Waals surface area contributed by atoms with Gasteiger partial charge in [-0.1, -0.05) is 13.0 Å². The molecule has 1 fully saturated rings. The van der Waals surface area contributed by atoms with Crippen molar-refractivity contribution in [3.8, 4) is 0 Å². The van der Waals surface area contributed by atoms with E-state index in [9.17, 15) is 0 Å². The number of rotatable bonds is 9. The Balaban J connectivity index is 1.82. The summed E-state index contributed by atoms with van der Waals surface area (Å²) in [7, 11) is 0. The lowest BCUT2D eigenvalue weighted by Crippen LogP contribution is -2.38. The van der Waals surface area contributed by atoms with E-state index in [1.807, 2.05) is 13.1 Å². The molecule has 0 atom stereocenters. The van der Waals surface area contributed by atoms with Crippen molar-refractivity contribution in [2.45, 2.75) is 46.6 Å². The highest BCUT2D eigenvalue weighted by atomic mass is 16.5. The molecule has 2 heterocycles. The third-order valence-corrected chi connectivity index (χ3v) is 4.64. The fraction of sp³-hybridized carbons (Fsp3) is 0.700. The zero-order valence-electron chi connectivity index (χ0n) is 16.6. The lowest BCUT2D eigenvalue weighted by atomic mass is 9.99. The summed E-state index contributed by atoms with van der Waals surface area (Å²) in [5.74, 6) is 2.77. The molecule has 6 heteroatoms. The van der Waals surface area contributed by atoms with E-state index in [0.29, 0.717) is 6.54 Å². The van der Waals surface area contributed by atoms with Gasteiger partial charge in [0.1, 0.15) is 5.82 Å². The first kappa shape index (κ1) is 20.5. The number of pyridine rings is 1. The van der Waals surface area contributed by atoms with Crippen molar-refractivity contribution in [2.75, 3.05) is 44.3 Å². The average Bonchev–Trinajstić information content (AvgIpc) is 2.67. The van der Waals surface area contributed by atoms with Crippen molar-refractivity contribution in [2.24, 2.45) is 10.9 Å². The summed E-state index contributed by atoms with van der Waals surface area (Å²) in [4.78, 5) is 11.7. The maximum Gasteiger partial charge on any atom is 0.191 e. The van der Waals surface area contributed by atoms with Crippen LogP contribution in [0.4, 0.5) is 5.82 Å². The molecule has 0 bridgehead atoms. The van der Waals surface area contributed by atoms with Crippen LogP contribution in [0.3, 0.4) is 0 Å². The standard InChI is InChI=1S/C20H35N5O/c1-4-21-20(22-11-6-14-26-5-2)24-16-18-7-8-19(23-15-18)25-12-9-17(3)10-13-25/h7-8,15,17H,4-6,9-14,16H2,1-3H3,(H2,21,22,24). The second-order valence-electron chi connectivity index (χ2n) is 6.87. The highest BCUT2D eigenvalue weighted by molar-refractivity contribution is 5.79. The van der Waals surface area contributed by atoms with Crippen molar-refractivity contribution in [1.82, 2.24) is 15.6 Å².